The number of hydrogen-bond donors (Lipinski definition) is 2. The molecule has 0 saturated heterocycles. The number of hydrogen-bond acceptors (Lipinski definition) is 2. The van der Waals surface area contributed by atoms with Crippen LogP contribution in [-0.4, -0.2) is 16.5 Å². The zero-order chi connectivity index (χ0) is 10.9. The average molecular weight is 209 g/mol. The second-order valence-electron chi connectivity index (χ2n) is 4.06. The van der Waals surface area contributed by atoms with Crippen LogP contribution in [0.4, 0.5) is 0 Å². The van der Waals surface area contributed by atoms with E-state index in [4.69, 9.17) is 5.73 Å². The van der Waals surface area contributed by atoms with Crippen molar-refractivity contribution < 1.29 is 0 Å². The molecule has 1 aromatic heterocycles. The first-order chi connectivity index (χ1) is 7.36. The molecule has 0 aliphatic heterocycles. The van der Waals surface area contributed by atoms with Gasteiger partial charge in [-0.1, -0.05) is 32.6 Å². The molecule has 0 aliphatic carbocycles. The Bertz CT molecular complexity index is 255. The Labute approximate surface area is 92.5 Å². The summed E-state index contributed by atoms with van der Waals surface area (Å²) in [7, 11) is 0. The van der Waals surface area contributed by atoms with Gasteiger partial charge in [-0.05, 0) is 13.0 Å². The summed E-state index contributed by atoms with van der Waals surface area (Å²) in [6.45, 7) is 2.93. The molecule has 0 saturated carbocycles. The minimum absolute atomic E-state index is 0.693. The second-order valence-corrected chi connectivity index (χ2v) is 4.06. The lowest BCUT2D eigenvalue weighted by molar-refractivity contribution is 0.624. The SMILES string of the molecule is CCCCCCCc1ncc(CCN)[nH]1. The van der Waals surface area contributed by atoms with Gasteiger partial charge in [0.05, 0.1) is 0 Å². The fraction of sp³-hybridized carbons (Fsp3) is 0.750. The molecule has 0 atom stereocenters. The van der Waals surface area contributed by atoms with E-state index in [9.17, 15) is 0 Å². The summed E-state index contributed by atoms with van der Waals surface area (Å²) in [5.74, 6) is 1.12. The maximum absolute atomic E-state index is 5.48. The maximum atomic E-state index is 5.48. The summed E-state index contributed by atoms with van der Waals surface area (Å²) in [6.07, 6.45) is 10.5. The molecular weight excluding hydrogens is 186 g/mol. The van der Waals surface area contributed by atoms with E-state index in [2.05, 4.69) is 16.9 Å². The summed E-state index contributed by atoms with van der Waals surface area (Å²) in [6, 6.07) is 0. The molecule has 0 fully saturated rings. The predicted molar refractivity (Wildman–Crippen MR) is 63.8 cm³/mol. The summed E-state index contributed by atoms with van der Waals surface area (Å²) >= 11 is 0. The Morgan fingerprint density at radius 2 is 2.00 bits per heavy atom. The van der Waals surface area contributed by atoms with Crippen LogP contribution in [0.25, 0.3) is 0 Å². The van der Waals surface area contributed by atoms with Crippen molar-refractivity contribution in [3.8, 4) is 0 Å². The number of aryl methyl sites for hydroxylation is 1. The van der Waals surface area contributed by atoms with E-state index < -0.39 is 0 Å². The minimum Gasteiger partial charge on any atom is -0.346 e. The van der Waals surface area contributed by atoms with E-state index in [-0.39, 0.29) is 0 Å². The lowest BCUT2D eigenvalue weighted by Crippen LogP contribution is -2.02. The lowest BCUT2D eigenvalue weighted by Gasteiger charge is -1.98. The van der Waals surface area contributed by atoms with Gasteiger partial charge in [-0.2, -0.15) is 0 Å². The molecule has 0 amide bonds. The number of nitrogens with zero attached hydrogens (tertiary/aromatic N) is 1. The van der Waals surface area contributed by atoms with Crippen molar-refractivity contribution in [3.05, 3.63) is 17.7 Å². The van der Waals surface area contributed by atoms with E-state index in [0.29, 0.717) is 6.54 Å². The van der Waals surface area contributed by atoms with Crippen molar-refractivity contribution in [2.45, 2.75) is 51.9 Å². The third-order valence-corrected chi connectivity index (χ3v) is 2.61. The zero-order valence-corrected chi connectivity index (χ0v) is 9.76. The van der Waals surface area contributed by atoms with Crippen molar-refractivity contribution in [2.24, 2.45) is 5.73 Å². The summed E-state index contributed by atoms with van der Waals surface area (Å²) in [4.78, 5) is 7.66. The van der Waals surface area contributed by atoms with Gasteiger partial charge in [0, 0.05) is 24.7 Å². The molecule has 86 valence electrons. The van der Waals surface area contributed by atoms with Gasteiger partial charge in [-0.25, -0.2) is 4.98 Å². The van der Waals surface area contributed by atoms with E-state index in [0.717, 1.165) is 18.7 Å². The van der Waals surface area contributed by atoms with Crippen LogP contribution in [0.5, 0.6) is 0 Å². The molecular formula is C12H23N3. The first-order valence-corrected chi connectivity index (χ1v) is 6.09. The standard InChI is InChI=1S/C12H23N3/c1-2-3-4-5-6-7-12-14-10-11(15-12)8-9-13/h10H,2-9,13H2,1H3,(H,14,15). The molecule has 3 N–H and O–H groups in total. The smallest absolute Gasteiger partial charge is 0.106 e. The van der Waals surface area contributed by atoms with Gasteiger partial charge >= 0.3 is 0 Å². The Balaban J connectivity index is 2.14. The van der Waals surface area contributed by atoms with Crippen LogP contribution < -0.4 is 5.73 Å². The molecule has 0 bridgehead atoms. The molecule has 1 rings (SSSR count). The van der Waals surface area contributed by atoms with Crippen LogP contribution in [0.3, 0.4) is 0 Å². The van der Waals surface area contributed by atoms with Gasteiger partial charge in [0.2, 0.25) is 0 Å². The van der Waals surface area contributed by atoms with Gasteiger partial charge < -0.3 is 10.7 Å². The third kappa shape index (κ3) is 4.98. The monoisotopic (exact) mass is 209 g/mol. The fourth-order valence-electron chi connectivity index (χ4n) is 1.71. The maximum Gasteiger partial charge on any atom is 0.106 e. The van der Waals surface area contributed by atoms with Crippen molar-refractivity contribution in [1.29, 1.82) is 0 Å². The van der Waals surface area contributed by atoms with Crippen LogP contribution in [0.1, 0.15) is 50.5 Å². The van der Waals surface area contributed by atoms with E-state index in [1.807, 2.05) is 6.20 Å². The van der Waals surface area contributed by atoms with Gasteiger partial charge in [-0.3, -0.25) is 0 Å². The lowest BCUT2D eigenvalue weighted by atomic mass is 10.1. The molecule has 0 spiro atoms. The van der Waals surface area contributed by atoms with E-state index in [1.165, 1.54) is 37.8 Å². The molecule has 0 aromatic carbocycles. The summed E-state index contributed by atoms with van der Waals surface area (Å²) in [5.41, 5.74) is 6.64. The Hall–Kier alpha value is -0.830. The fourth-order valence-corrected chi connectivity index (χ4v) is 1.71. The number of imidazole rings is 1. The van der Waals surface area contributed by atoms with Crippen LogP contribution >= 0.6 is 0 Å². The molecule has 0 radical (unpaired) electrons. The molecule has 3 heteroatoms. The number of unbranched alkanes of at least 4 members (excludes halogenated alkanes) is 4. The highest BCUT2D eigenvalue weighted by Gasteiger charge is 1.99. The topological polar surface area (TPSA) is 54.7 Å². The van der Waals surface area contributed by atoms with Crippen molar-refractivity contribution in [1.82, 2.24) is 9.97 Å². The molecule has 0 aliphatic rings. The van der Waals surface area contributed by atoms with Crippen LogP contribution in [0.15, 0.2) is 6.20 Å². The largest absolute Gasteiger partial charge is 0.346 e. The minimum atomic E-state index is 0.693. The molecule has 0 unspecified atom stereocenters. The Kier molecular flexibility index (Phi) is 6.09. The van der Waals surface area contributed by atoms with Gasteiger partial charge in [-0.15, -0.1) is 0 Å². The number of nitrogens with two attached hydrogens (primary N) is 1. The van der Waals surface area contributed by atoms with Gasteiger partial charge in [0.1, 0.15) is 5.82 Å². The molecule has 15 heavy (non-hydrogen) atoms. The van der Waals surface area contributed by atoms with Gasteiger partial charge in [0.25, 0.3) is 0 Å². The highest BCUT2D eigenvalue weighted by atomic mass is 14.9. The van der Waals surface area contributed by atoms with Crippen LogP contribution in [-0.2, 0) is 12.8 Å². The van der Waals surface area contributed by atoms with E-state index >= 15 is 0 Å². The molecule has 3 nitrogen and oxygen atoms in total. The number of aromatic amines is 1. The predicted octanol–water partition coefficient (Wildman–Crippen LogP) is 2.42. The van der Waals surface area contributed by atoms with Crippen molar-refractivity contribution in [3.63, 3.8) is 0 Å². The summed E-state index contributed by atoms with van der Waals surface area (Å²) in [5, 5.41) is 0. The highest BCUT2D eigenvalue weighted by Crippen LogP contribution is 2.07. The summed E-state index contributed by atoms with van der Waals surface area (Å²) < 4.78 is 0. The Morgan fingerprint density at radius 3 is 2.73 bits per heavy atom. The molecule has 1 aromatic rings. The van der Waals surface area contributed by atoms with Gasteiger partial charge in [0.15, 0.2) is 0 Å². The van der Waals surface area contributed by atoms with Crippen molar-refractivity contribution in [2.75, 3.05) is 6.54 Å². The van der Waals surface area contributed by atoms with E-state index in [1.54, 1.807) is 0 Å². The molecule has 1 heterocycles. The van der Waals surface area contributed by atoms with Crippen LogP contribution in [0.2, 0.25) is 0 Å². The quantitative estimate of drug-likeness (QED) is 0.646. The number of rotatable bonds is 8. The number of nitrogens with one attached hydrogen (secondary N) is 1. The average Bonchev–Trinajstić information content (AvgIpc) is 2.66. The first-order valence-electron chi connectivity index (χ1n) is 6.09. The van der Waals surface area contributed by atoms with Crippen LogP contribution in [0, 0.1) is 0 Å². The third-order valence-electron chi connectivity index (χ3n) is 2.61. The first kappa shape index (κ1) is 12.2. The zero-order valence-electron chi connectivity index (χ0n) is 9.76. The number of H-pyrrole nitrogens is 1. The highest BCUT2D eigenvalue weighted by molar-refractivity contribution is 5.01. The Morgan fingerprint density at radius 1 is 1.20 bits per heavy atom. The number of aromatic nitrogens is 2. The second kappa shape index (κ2) is 7.46. The van der Waals surface area contributed by atoms with Crippen molar-refractivity contribution >= 4 is 0 Å². The normalized spacial score (nSPS) is 10.8.